The topological polar surface area (TPSA) is 58.2 Å². The van der Waals surface area contributed by atoms with Crippen molar-refractivity contribution >= 4 is 22.4 Å². The molecule has 0 aliphatic rings. The number of rotatable bonds is 7. The molecule has 1 rings (SSSR count). The van der Waals surface area contributed by atoms with Gasteiger partial charge < -0.3 is 10.6 Å². The number of nitrogens with one attached hydrogen (secondary N) is 2. The monoisotopic (exact) mass is 268 g/mol. The second kappa shape index (κ2) is 8.00. The van der Waals surface area contributed by atoms with Crippen LogP contribution in [0.3, 0.4) is 0 Å². The second-order valence-corrected chi connectivity index (χ2v) is 5.89. The minimum atomic E-state index is -0.776. The van der Waals surface area contributed by atoms with Crippen LogP contribution >= 0.6 is 0 Å². The summed E-state index contributed by atoms with van der Waals surface area (Å²) < 4.78 is 11.1. The number of amides is 1. The van der Waals surface area contributed by atoms with Crippen LogP contribution in [0.1, 0.15) is 12.5 Å². The number of benzene rings is 1. The SMILES string of the molecule is CCS(=O)CCNCC(=O)Nc1ccc(C)cc1. The Hall–Kier alpha value is -1.20. The fourth-order valence-electron chi connectivity index (χ4n) is 1.37. The van der Waals surface area contributed by atoms with Gasteiger partial charge in [-0.1, -0.05) is 24.6 Å². The molecule has 18 heavy (non-hydrogen) atoms. The third kappa shape index (κ3) is 5.93. The standard InChI is InChI=1S/C13H20N2O2S/c1-3-18(17)9-8-14-10-13(16)15-12-6-4-11(2)5-7-12/h4-7,14H,3,8-10H2,1-2H3,(H,15,16). The molecule has 0 bridgehead atoms. The van der Waals surface area contributed by atoms with Gasteiger partial charge >= 0.3 is 0 Å². The minimum Gasteiger partial charge on any atom is -0.325 e. The number of anilines is 1. The summed E-state index contributed by atoms with van der Waals surface area (Å²) in [5.41, 5.74) is 1.96. The van der Waals surface area contributed by atoms with Gasteiger partial charge in [0.25, 0.3) is 0 Å². The van der Waals surface area contributed by atoms with Gasteiger partial charge in [0, 0.05) is 34.5 Å². The summed E-state index contributed by atoms with van der Waals surface area (Å²) in [6.07, 6.45) is 0. The van der Waals surface area contributed by atoms with Gasteiger partial charge in [0.05, 0.1) is 6.54 Å². The van der Waals surface area contributed by atoms with Gasteiger partial charge in [0.1, 0.15) is 0 Å². The lowest BCUT2D eigenvalue weighted by atomic mass is 10.2. The molecule has 0 aliphatic carbocycles. The van der Waals surface area contributed by atoms with Crippen LogP contribution in [0.4, 0.5) is 5.69 Å². The lowest BCUT2D eigenvalue weighted by molar-refractivity contribution is -0.115. The first kappa shape index (κ1) is 14.9. The molecule has 5 heteroatoms. The number of carbonyl (C=O) groups excluding carboxylic acids is 1. The summed E-state index contributed by atoms with van der Waals surface area (Å²) in [7, 11) is -0.776. The molecular weight excluding hydrogens is 248 g/mol. The Morgan fingerprint density at radius 3 is 2.56 bits per heavy atom. The van der Waals surface area contributed by atoms with E-state index in [9.17, 15) is 9.00 Å². The number of hydrogen-bond donors (Lipinski definition) is 2. The van der Waals surface area contributed by atoms with Crippen LogP contribution in [0, 0.1) is 6.92 Å². The second-order valence-electron chi connectivity index (χ2n) is 4.02. The average molecular weight is 268 g/mol. The Bertz CT molecular complexity index is 404. The zero-order valence-electron chi connectivity index (χ0n) is 10.9. The number of hydrogen-bond acceptors (Lipinski definition) is 3. The van der Waals surface area contributed by atoms with Gasteiger partial charge in [0.15, 0.2) is 0 Å². The first-order chi connectivity index (χ1) is 8.61. The molecule has 1 aromatic carbocycles. The van der Waals surface area contributed by atoms with Gasteiger partial charge in [0.2, 0.25) is 5.91 Å². The van der Waals surface area contributed by atoms with E-state index in [2.05, 4.69) is 10.6 Å². The molecule has 0 saturated heterocycles. The van der Waals surface area contributed by atoms with E-state index in [1.807, 2.05) is 38.1 Å². The maximum atomic E-state index is 11.6. The number of aryl methyl sites for hydroxylation is 1. The highest BCUT2D eigenvalue weighted by Crippen LogP contribution is 2.07. The third-order valence-corrected chi connectivity index (χ3v) is 3.75. The third-order valence-electron chi connectivity index (χ3n) is 2.45. The highest BCUT2D eigenvalue weighted by Gasteiger charge is 2.02. The van der Waals surface area contributed by atoms with Crippen LogP contribution in [0.5, 0.6) is 0 Å². The van der Waals surface area contributed by atoms with E-state index in [4.69, 9.17) is 0 Å². The molecule has 0 fully saturated rings. The molecule has 2 N–H and O–H groups in total. The highest BCUT2D eigenvalue weighted by atomic mass is 32.2. The first-order valence-corrected chi connectivity index (χ1v) is 7.53. The fourth-order valence-corrected chi connectivity index (χ4v) is 2.04. The molecule has 0 radical (unpaired) electrons. The molecule has 0 heterocycles. The van der Waals surface area contributed by atoms with Crippen LogP contribution < -0.4 is 10.6 Å². The van der Waals surface area contributed by atoms with Crippen molar-refractivity contribution < 1.29 is 9.00 Å². The van der Waals surface area contributed by atoms with Gasteiger partial charge in [-0.25, -0.2) is 0 Å². The molecule has 1 aromatic rings. The summed E-state index contributed by atoms with van der Waals surface area (Å²) in [6, 6.07) is 7.65. The van der Waals surface area contributed by atoms with Gasteiger partial charge in [-0.3, -0.25) is 9.00 Å². The zero-order chi connectivity index (χ0) is 13.4. The average Bonchev–Trinajstić information content (AvgIpc) is 2.37. The molecule has 0 aromatic heterocycles. The molecule has 100 valence electrons. The highest BCUT2D eigenvalue weighted by molar-refractivity contribution is 7.84. The smallest absolute Gasteiger partial charge is 0.238 e. The molecule has 0 spiro atoms. The predicted molar refractivity (Wildman–Crippen MR) is 76.2 cm³/mol. The van der Waals surface area contributed by atoms with Crippen LogP contribution in [-0.2, 0) is 15.6 Å². The predicted octanol–water partition coefficient (Wildman–Crippen LogP) is 1.29. The van der Waals surface area contributed by atoms with E-state index in [0.29, 0.717) is 18.1 Å². The van der Waals surface area contributed by atoms with Crippen LogP contribution in [0.15, 0.2) is 24.3 Å². The van der Waals surface area contributed by atoms with E-state index in [0.717, 1.165) is 11.3 Å². The summed E-state index contributed by atoms with van der Waals surface area (Å²) in [6.45, 7) is 4.73. The summed E-state index contributed by atoms with van der Waals surface area (Å²) in [4.78, 5) is 11.6. The van der Waals surface area contributed by atoms with Crippen molar-refractivity contribution in [1.82, 2.24) is 5.32 Å². The Morgan fingerprint density at radius 1 is 1.28 bits per heavy atom. The lowest BCUT2D eigenvalue weighted by Crippen LogP contribution is -2.30. The Labute approximate surface area is 111 Å². The first-order valence-electron chi connectivity index (χ1n) is 6.04. The van der Waals surface area contributed by atoms with Crippen LogP contribution in [0.2, 0.25) is 0 Å². The van der Waals surface area contributed by atoms with Crippen molar-refractivity contribution in [1.29, 1.82) is 0 Å². The van der Waals surface area contributed by atoms with Gasteiger partial charge in [-0.05, 0) is 19.1 Å². The van der Waals surface area contributed by atoms with Crippen molar-refractivity contribution in [2.24, 2.45) is 0 Å². The van der Waals surface area contributed by atoms with E-state index in [1.165, 1.54) is 0 Å². The van der Waals surface area contributed by atoms with Gasteiger partial charge in [-0.15, -0.1) is 0 Å². The van der Waals surface area contributed by atoms with E-state index in [1.54, 1.807) is 0 Å². The maximum Gasteiger partial charge on any atom is 0.238 e. The van der Waals surface area contributed by atoms with Crippen molar-refractivity contribution in [3.63, 3.8) is 0 Å². The zero-order valence-corrected chi connectivity index (χ0v) is 11.7. The van der Waals surface area contributed by atoms with E-state index < -0.39 is 10.8 Å². The lowest BCUT2D eigenvalue weighted by Gasteiger charge is -2.06. The number of carbonyl (C=O) groups is 1. The summed E-state index contributed by atoms with van der Waals surface area (Å²) in [5.74, 6) is 1.17. The van der Waals surface area contributed by atoms with Crippen molar-refractivity contribution in [2.75, 3.05) is 29.9 Å². The normalized spacial score (nSPS) is 12.1. The largest absolute Gasteiger partial charge is 0.325 e. The van der Waals surface area contributed by atoms with Crippen molar-refractivity contribution in [3.05, 3.63) is 29.8 Å². The molecule has 1 atom stereocenters. The van der Waals surface area contributed by atoms with Crippen molar-refractivity contribution in [3.8, 4) is 0 Å². The van der Waals surface area contributed by atoms with Crippen LogP contribution in [0.25, 0.3) is 0 Å². The van der Waals surface area contributed by atoms with Crippen LogP contribution in [-0.4, -0.2) is 34.7 Å². The van der Waals surface area contributed by atoms with E-state index in [-0.39, 0.29) is 12.5 Å². The van der Waals surface area contributed by atoms with Gasteiger partial charge in [-0.2, -0.15) is 0 Å². The molecular formula is C13H20N2O2S. The molecule has 0 saturated carbocycles. The Balaban J connectivity index is 2.21. The van der Waals surface area contributed by atoms with E-state index >= 15 is 0 Å². The molecule has 1 amide bonds. The Morgan fingerprint density at radius 2 is 1.94 bits per heavy atom. The molecule has 0 aliphatic heterocycles. The molecule has 4 nitrogen and oxygen atoms in total. The fraction of sp³-hybridized carbons (Fsp3) is 0.462. The maximum absolute atomic E-state index is 11.6. The van der Waals surface area contributed by atoms with Crippen molar-refractivity contribution in [2.45, 2.75) is 13.8 Å². The quantitative estimate of drug-likeness (QED) is 0.733. The summed E-state index contributed by atoms with van der Waals surface area (Å²) >= 11 is 0. The molecule has 1 unspecified atom stereocenters. The Kier molecular flexibility index (Phi) is 6.60. The minimum absolute atomic E-state index is 0.0823. The summed E-state index contributed by atoms with van der Waals surface area (Å²) in [5, 5.41) is 5.77.